The van der Waals surface area contributed by atoms with Gasteiger partial charge in [0.25, 0.3) is 0 Å². The maximum Gasteiger partial charge on any atom is 0.418 e. The SMILES string of the molecule is CC(=O)N(CCC(=O)NCC1CCCO1)c1ccccc1C(F)(F)F. The van der Waals surface area contributed by atoms with E-state index in [4.69, 9.17) is 4.74 Å². The molecule has 1 aliphatic heterocycles. The highest BCUT2D eigenvalue weighted by Crippen LogP contribution is 2.36. The number of anilines is 1. The minimum Gasteiger partial charge on any atom is -0.376 e. The van der Waals surface area contributed by atoms with E-state index in [0.29, 0.717) is 13.2 Å². The second-order valence-electron chi connectivity index (χ2n) is 5.87. The topological polar surface area (TPSA) is 58.6 Å². The van der Waals surface area contributed by atoms with Crippen molar-refractivity contribution < 1.29 is 27.5 Å². The average molecular weight is 358 g/mol. The van der Waals surface area contributed by atoms with E-state index in [1.807, 2.05) is 0 Å². The molecule has 1 heterocycles. The fourth-order valence-electron chi connectivity index (χ4n) is 2.73. The van der Waals surface area contributed by atoms with Crippen LogP contribution in [0.25, 0.3) is 0 Å². The molecule has 1 aromatic carbocycles. The Kier molecular flexibility index (Phi) is 6.41. The monoisotopic (exact) mass is 358 g/mol. The van der Waals surface area contributed by atoms with Crippen molar-refractivity contribution in [3.05, 3.63) is 29.8 Å². The molecule has 1 fully saturated rings. The van der Waals surface area contributed by atoms with Gasteiger partial charge in [0.2, 0.25) is 11.8 Å². The van der Waals surface area contributed by atoms with Crippen molar-refractivity contribution in [3.63, 3.8) is 0 Å². The molecule has 1 aliphatic rings. The summed E-state index contributed by atoms with van der Waals surface area (Å²) in [6, 6.07) is 4.84. The summed E-state index contributed by atoms with van der Waals surface area (Å²) in [7, 11) is 0. The predicted octanol–water partition coefficient (Wildman–Crippen LogP) is 2.74. The zero-order valence-corrected chi connectivity index (χ0v) is 13.9. The van der Waals surface area contributed by atoms with Crippen molar-refractivity contribution in [2.45, 2.75) is 38.5 Å². The lowest BCUT2D eigenvalue weighted by Gasteiger charge is -2.24. The van der Waals surface area contributed by atoms with Gasteiger partial charge in [-0.05, 0) is 25.0 Å². The fourth-order valence-corrected chi connectivity index (χ4v) is 2.73. The van der Waals surface area contributed by atoms with E-state index in [1.165, 1.54) is 25.1 Å². The van der Waals surface area contributed by atoms with E-state index >= 15 is 0 Å². The molecular weight excluding hydrogens is 337 g/mol. The number of hydrogen-bond acceptors (Lipinski definition) is 3. The van der Waals surface area contributed by atoms with E-state index in [9.17, 15) is 22.8 Å². The number of nitrogens with one attached hydrogen (secondary N) is 1. The fraction of sp³-hybridized carbons (Fsp3) is 0.529. The van der Waals surface area contributed by atoms with E-state index in [-0.39, 0.29) is 30.7 Å². The third kappa shape index (κ3) is 5.45. The lowest BCUT2D eigenvalue weighted by molar-refractivity contribution is -0.137. The van der Waals surface area contributed by atoms with Crippen molar-refractivity contribution in [2.24, 2.45) is 0 Å². The van der Waals surface area contributed by atoms with Crippen LogP contribution in [0.15, 0.2) is 24.3 Å². The van der Waals surface area contributed by atoms with Gasteiger partial charge in [0.15, 0.2) is 0 Å². The molecule has 1 aromatic rings. The third-order valence-corrected chi connectivity index (χ3v) is 3.99. The first-order valence-electron chi connectivity index (χ1n) is 8.11. The van der Waals surface area contributed by atoms with Crippen molar-refractivity contribution in [1.82, 2.24) is 5.32 Å². The number of hydrogen-bond donors (Lipinski definition) is 1. The lowest BCUT2D eigenvalue weighted by atomic mass is 10.1. The number of nitrogens with zero attached hydrogens (tertiary/aromatic N) is 1. The zero-order chi connectivity index (χ0) is 18.4. The first-order chi connectivity index (χ1) is 11.8. The molecule has 0 aliphatic carbocycles. The van der Waals surface area contributed by atoms with Crippen molar-refractivity contribution in [2.75, 3.05) is 24.6 Å². The Morgan fingerprint density at radius 2 is 2.04 bits per heavy atom. The highest BCUT2D eigenvalue weighted by Gasteiger charge is 2.35. The van der Waals surface area contributed by atoms with Crippen LogP contribution in [-0.4, -0.2) is 37.6 Å². The molecule has 1 saturated heterocycles. The Morgan fingerprint density at radius 1 is 1.32 bits per heavy atom. The minimum absolute atomic E-state index is 0.0150. The summed E-state index contributed by atoms with van der Waals surface area (Å²) in [5, 5.41) is 2.69. The van der Waals surface area contributed by atoms with Crippen LogP contribution in [-0.2, 0) is 20.5 Å². The molecule has 0 radical (unpaired) electrons. The Morgan fingerprint density at radius 3 is 2.64 bits per heavy atom. The van der Waals surface area contributed by atoms with Crippen LogP contribution < -0.4 is 10.2 Å². The van der Waals surface area contributed by atoms with Gasteiger partial charge >= 0.3 is 6.18 Å². The molecule has 1 unspecified atom stereocenters. The van der Waals surface area contributed by atoms with Crippen LogP contribution in [0.5, 0.6) is 0 Å². The van der Waals surface area contributed by atoms with Gasteiger partial charge in [-0.2, -0.15) is 13.2 Å². The number of para-hydroxylation sites is 1. The van der Waals surface area contributed by atoms with Gasteiger partial charge in [-0.1, -0.05) is 12.1 Å². The Labute approximate surface area is 144 Å². The van der Waals surface area contributed by atoms with Gasteiger partial charge in [0, 0.05) is 33.0 Å². The predicted molar refractivity (Wildman–Crippen MR) is 86.1 cm³/mol. The molecule has 2 rings (SSSR count). The Bertz CT molecular complexity index is 613. The average Bonchev–Trinajstić information content (AvgIpc) is 3.06. The molecular formula is C17H21F3N2O3. The highest BCUT2D eigenvalue weighted by atomic mass is 19.4. The number of halogens is 3. The van der Waals surface area contributed by atoms with Crippen molar-refractivity contribution in [3.8, 4) is 0 Å². The quantitative estimate of drug-likeness (QED) is 0.851. The summed E-state index contributed by atoms with van der Waals surface area (Å²) in [4.78, 5) is 24.7. The molecule has 0 spiro atoms. The van der Waals surface area contributed by atoms with E-state index in [1.54, 1.807) is 0 Å². The van der Waals surface area contributed by atoms with Gasteiger partial charge in [-0.15, -0.1) is 0 Å². The number of carbonyl (C=O) groups is 2. The van der Waals surface area contributed by atoms with Crippen LogP contribution in [0, 0.1) is 0 Å². The Balaban J connectivity index is 1.99. The van der Waals surface area contributed by atoms with Crippen molar-refractivity contribution >= 4 is 17.5 Å². The number of carbonyl (C=O) groups excluding carboxylic acids is 2. The molecule has 2 amide bonds. The van der Waals surface area contributed by atoms with Gasteiger partial charge in [0.05, 0.1) is 17.4 Å². The lowest BCUT2D eigenvalue weighted by Crippen LogP contribution is -2.37. The third-order valence-electron chi connectivity index (χ3n) is 3.99. The summed E-state index contributed by atoms with van der Waals surface area (Å²) in [6.45, 7) is 2.10. The van der Waals surface area contributed by atoms with Crippen LogP contribution in [0.4, 0.5) is 18.9 Å². The number of amides is 2. The summed E-state index contributed by atoms with van der Waals surface area (Å²) < 4.78 is 44.8. The molecule has 0 saturated carbocycles. The molecule has 138 valence electrons. The number of rotatable bonds is 6. The molecule has 1 atom stereocenters. The van der Waals surface area contributed by atoms with Crippen molar-refractivity contribution in [1.29, 1.82) is 0 Å². The Hall–Kier alpha value is -2.09. The maximum atomic E-state index is 13.1. The molecule has 8 heteroatoms. The van der Waals surface area contributed by atoms with Gasteiger partial charge in [-0.25, -0.2) is 0 Å². The first kappa shape index (κ1) is 19.2. The van der Waals surface area contributed by atoms with Crippen LogP contribution in [0.3, 0.4) is 0 Å². The second kappa shape index (κ2) is 8.33. The maximum absolute atomic E-state index is 13.1. The normalized spacial score (nSPS) is 17.4. The first-order valence-corrected chi connectivity index (χ1v) is 8.11. The molecule has 25 heavy (non-hydrogen) atoms. The second-order valence-corrected chi connectivity index (χ2v) is 5.87. The standard InChI is InChI=1S/C17H21F3N2O3/c1-12(23)22(15-7-3-2-6-14(15)17(18,19)20)9-8-16(24)21-11-13-5-4-10-25-13/h2-3,6-7,13H,4-5,8-11H2,1H3,(H,21,24). The van der Waals surface area contributed by atoms with Gasteiger partial charge < -0.3 is 15.0 Å². The summed E-state index contributed by atoms with van der Waals surface area (Å²) in [5.74, 6) is -0.880. The molecule has 0 aromatic heterocycles. The van der Waals surface area contributed by atoms with E-state index in [0.717, 1.165) is 23.8 Å². The summed E-state index contributed by atoms with van der Waals surface area (Å²) in [5.41, 5.74) is -1.14. The molecule has 5 nitrogen and oxygen atoms in total. The largest absolute Gasteiger partial charge is 0.418 e. The van der Waals surface area contributed by atoms with E-state index in [2.05, 4.69) is 5.32 Å². The van der Waals surface area contributed by atoms with Crippen LogP contribution >= 0.6 is 0 Å². The number of alkyl halides is 3. The van der Waals surface area contributed by atoms with E-state index < -0.39 is 17.6 Å². The van der Waals surface area contributed by atoms with Crippen LogP contribution in [0.2, 0.25) is 0 Å². The molecule has 0 bridgehead atoms. The smallest absolute Gasteiger partial charge is 0.376 e. The zero-order valence-electron chi connectivity index (χ0n) is 13.9. The highest BCUT2D eigenvalue weighted by molar-refractivity contribution is 5.93. The summed E-state index contributed by atoms with van der Waals surface area (Å²) >= 11 is 0. The number of ether oxygens (including phenoxy) is 1. The van der Waals surface area contributed by atoms with Gasteiger partial charge in [-0.3, -0.25) is 9.59 Å². The van der Waals surface area contributed by atoms with Gasteiger partial charge in [0.1, 0.15) is 0 Å². The van der Waals surface area contributed by atoms with Crippen LogP contribution in [0.1, 0.15) is 31.7 Å². The summed E-state index contributed by atoms with van der Waals surface area (Å²) in [6.07, 6.45) is -2.85. The number of benzene rings is 1. The molecule has 1 N–H and O–H groups in total. The minimum atomic E-state index is -4.58.